The maximum absolute atomic E-state index is 13.7. The summed E-state index contributed by atoms with van der Waals surface area (Å²) in [5.41, 5.74) is 1.62. The van der Waals surface area contributed by atoms with Crippen molar-refractivity contribution in [3.05, 3.63) is 35.9 Å². The number of nitrogens with zero attached hydrogens (tertiary/aromatic N) is 1. The van der Waals surface area contributed by atoms with Gasteiger partial charge in [-0.15, -0.1) is 0 Å². The Morgan fingerprint density at radius 3 is 2.61 bits per heavy atom. The number of nitrogens with one attached hydrogen (secondary N) is 1. The van der Waals surface area contributed by atoms with Crippen LogP contribution in [0, 0.1) is 16.7 Å². The summed E-state index contributed by atoms with van der Waals surface area (Å²) < 4.78 is 0. The van der Waals surface area contributed by atoms with Crippen LogP contribution in [0.3, 0.4) is 0 Å². The number of hydrogen-bond donors (Lipinski definition) is 1. The van der Waals surface area contributed by atoms with E-state index in [0.717, 1.165) is 45.4 Å². The summed E-state index contributed by atoms with van der Waals surface area (Å²) >= 11 is 0. The summed E-state index contributed by atoms with van der Waals surface area (Å²) in [5.74, 6) is 1.78. The predicted molar refractivity (Wildman–Crippen MR) is 115 cm³/mol. The number of hydrogen-bond acceptors (Lipinski definition) is 2. The van der Waals surface area contributed by atoms with Crippen molar-refractivity contribution in [3.63, 3.8) is 0 Å². The van der Waals surface area contributed by atoms with Crippen molar-refractivity contribution in [2.24, 2.45) is 16.7 Å². The lowest BCUT2D eigenvalue weighted by Crippen LogP contribution is -2.51. The van der Waals surface area contributed by atoms with Gasteiger partial charge in [0.2, 0.25) is 5.91 Å². The highest BCUT2D eigenvalue weighted by Gasteiger charge is 2.52. The van der Waals surface area contributed by atoms with Gasteiger partial charge in [0.05, 0.1) is 0 Å². The second kappa shape index (κ2) is 8.18. The molecule has 4 atom stereocenters. The van der Waals surface area contributed by atoms with E-state index in [-0.39, 0.29) is 5.41 Å². The van der Waals surface area contributed by atoms with E-state index in [2.05, 4.69) is 54.4 Å². The molecule has 3 fully saturated rings. The summed E-state index contributed by atoms with van der Waals surface area (Å²) in [7, 11) is 0. The third-order valence-corrected chi connectivity index (χ3v) is 7.61. The van der Waals surface area contributed by atoms with Gasteiger partial charge in [-0.2, -0.15) is 0 Å². The molecule has 3 aliphatic rings. The van der Waals surface area contributed by atoms with Gasteiger partial charge in [0.15, 0.2) is 0 Å². The molecule has 1 amide bonds. The van der Waals surface area contributed by atoms with Crippen molar-refractivity contribution in [1.82, 2.24) is 10.2 Å². The van der Waals surface area contributed by atoms with Crippen LogP contribution in [0.25, 0.3) is 0 Å². The Hall–Kier alpha value is -1.35. The topological polar surface area (TPSA) is 32.3 Å². The summed E-state index contributed by atoms with van der Waals surface area (Å²) in [6.07, 6.45) is 9.55. The molecule has 1 heterocycles. The molecule has 0 aromatic heterocycles. The third-order valence-electron chi connectivity index (χ3n) is 7.61. The molecule has 1 N–H and O–H groups in total. The zero-order valence-corrected chi connectivity index (χ0v) is 17.9. The first-order chi connectivity index (χ1) is 13.5. The quantitative estimate of drug-likeness (QED) is 0.782. The highest BCUT2D eigenvalue weighted by Crippen LogP contribution is 2.59. The highest BCUT2D eigenvalue weighted by molar-refractivity contribution is 5.82. The number of rotatable bonds is 2. The molecule has 28 heavy (non-hydrogen) atoms. The van der Waals surface area contributed by atoms with E-state index >= 15 is 0 Å². The zero-order chi connectivity index (χ0) is 19.6. The van der Waals surface area contributed by atoms with Crippen molar-refractivity contribution in [2.75, 3.05) is 26.2 Å². The van der Waals surface area contributed by atoms with Crippen LogP contribution < -0.4 is 5.32 Å². The fraction of sp³-hybridized carbons (Fsp3) is 0.720. The van der Waals surface area contributed by atoms with Gasteiger partial charge in [-0.25, -0.2) is 0 Å². The standard InChI is InChI=1S/C25H38N2O/c1-24-16-20(15-22(18-24)21-9-5-3-6-10-21)17-25(2,19-24)23(28)27-13-8-4-7-11-26-12-14-27/h3,5-6,9-10,20,22,26H,4,7-8,11-19H2,1-2H3/t20?,22-,24-,25?/m0/s1. The maximum atomic E-state index is 13.7. The van der Waals surface area contributed by atoms with Gasteiger partial charge in [-0.05, 0) is 74.3 Å². The minimum absolute atomic E-state index is 0.173. The zero-order valence-electron chi connectivity index (χ0n) is 17.9. The summed E-state index contributed by atoms with van der Waals surface area (Å²) in [4.78, 5) is 15.9. The Labute approximate surface area is 171 Å². The van der Waals surface area contributed by atoms with Gasteiger partial charge in [0.25, 0.3) is 0 Å². The molecule has 2 aliphatic carbocycles. The van der Waals surface area contributed by atoms with E-state index < -0.39 is 0 Å². The number of carbonyl (C=O) groups is 1. The van der Waals surface area contributed by atoms with Crippen LogP contribution >= 0.6 is 0 Å². The van der Waals surface area contributed by atoms with Crippen LogP contribution in [0.1, 0.15) is 76.7 Å². The Balaban J connectivity index is 1.48. The SMILES string of the molecule is CC1(C(=O)N2CCCCCNCC2)CC2C[C@H](c3ccccc3)C[C@](C)(C2)C1. The first-order valence-electron chi connectivity index (χ1n) is 11.5. The minimum Gasteiger partial charge on any atom is -0.341 e. The predicted octanol–water partition coefficient (Wildman–Crippen LogP) is 4.98. The number of fused-ring (bicyclic) bond motifs is 2. The van der Waals surface area contributed by atoms with Crippen LogP contribution in [-0.4, -0.2) is 37.0 Å². The first-order valence-corrected chi connectivity index (χ1v) is 11.5. The molecule has 1 aromatic carbocycles. The van der Waals surface area contributed by atoms with Gasteiger partial charge in [-0.1, -0.05) is 50.6 Å². The molecule has 3 heteroatoms. The lowest BCUT2D eigenvalue weighted by Gasteiger charge is -2.53. The van der Waals surface area contributed by atoms with Crippen molar-refractivity contribution in [2.45, 2.75) is 71.1 Å². The molecule has 1 aromatic rings. The van der Waals surface area contributed by atoms with E-state index in [1.807, 2.05) is 0 Å². The Morgan fingerprint density at radius 2 is 1.82 bits per heavy atom. The Morgan fingerprint density at radius 1 is 1.00 bits per heavy atom. The molecular formula is C25H38N2O. The molecule has 2 bridgehead atoms. The third kappa shape index (κ3) is 4.30. The first kappa shape index (κ1) is 19.9. The maximum Gasteiger partial charge on any atom is 0.228 e. The van der Waals surface area contributed by atoms with Crippen molar-refractivity contribution in [1.29, 1.82) is 0 Å². The fourth-order valence-corrected chi connectivity index (χ4v) is 6.80. The van der Waals surface area contributed by atoms with Crippen LogP contribution in [0.15, 0.2) is 30.3 Å². The molecule has 0 spiro atoms. The van der Waals surface area contributed by atoms with Crippen LogP contribution in [0.5, 0.6) is 0 Å². The smallest absolute Gasteiger partial charge is 0.228 e. The molecule has 154 valence electrons. The van der Waals surface area contributed by atoms with Crippen molar-refractivity contribution < 1.29 is 4.79 Å². The molecule has 2 unspecified atom stereocenters. The lowest BCUT2D eigenvalue weighted by atomic mass is 9.52. The van der Waals surface area contributed by atoms with Crippen LogP contribution in [0.2, 0.25) is 0 Å². The number of benzene rings is 1. The number of carbonyl (C=O) groups excluding carboxylic acids is 1. The summed E-state index contributed by atoms with van der Waals surface area (Å²) in [5, 5.41) is 3.50. The van der Waals surface area contributed by atoms with E-state index in [1.165, 1.54) is 37.7 Å². The van der Waals surface area contributed by atoms with E-state index in [0.29, 0.717) is 23.2 Å². The average molecular weight is 383 g/mol. The average Bonchev–Trinajstić information content (AvgIpc) is 2.80. The normalized spacial score (nSPS) is 36.9. The monoisotopic (exact) mass is 382 g/mol. The number of amides is 1. The highest BCUT2D eigenvalue weighted by atomic mass is 16.2. The molecule has 3 nitrogen and oxygen atoms in total. The van der Waals surface area contributed by atoms with Gasteiger partial charge in [0.1, 0.15) is 0 Å². The molecular weight excluding hydrogens is 344 g/mol. The fourth-order valence-electron chi connectivity index (χ4n) is 6.80. The van der Waals surface area contributed by atoms with Crippen molar-refractivity contribution in [3.8, 4) is 0 Å². The summed E-state index contributed by atoms with van der Waals surface area (Å²) in [6.45, 7) is 8.61. The summed E-state index contributed by atoms with van der Waals surface area (Å²) in [6, 6.07) is 11.1. The Kier molecular flexibility index (Phi) is 5.83. The van der Waals surface area contributed by atoms with E-state index in [9.17, 15) is 4.79 Å². The molecule has 1 aliphatic heterocycles. The van der Waals surface area contributed by atoms with Crippen LogP contribution in [0.4, 0.5) is 0 Å². The second-order valence-corrected chi connectivity index (χ2v) is 10.5. The molecule has 0 radical (unpaired) electrons. The van der Waals surface area contributed by atoms with Gasteiger partial charge < -0.3 is 10.2 Å². The van der Waals surface area contributed by atoms with Crippen molar-refractivity contribution >= 4 is 5.91 Å². The molecule has 2 saturated carbocycles. The van der Waals surface area contributed by atoms with Gasteiger partial charge >= 0.3 is 0 Å². The van der Waals surface area contributed by atoms with E-state index in [1.54, 1.807) is 0 Å². The van der Waals surface area contributed by atoms with Crippen LogP contribution in [-0.2, 0) is 4.79 Å². The lowest BCUT2D eigenvalue weighted by molar-refractivity contribution is -0.149. The minimum atomic E-state index is -0.173. The van der Waals surface area contributed by atoms with Gasteiger partial charge in [-0.3, -0.25) is 4.79 Å². The van der Waals surface area contributed by atoms with E-state index in [4.69, 9.17) is 0 Å². The second-order valence-electron chi connectivity index (χ2n) is 10.5. The Bertz CT molecular complexity index is 664. The molecule has 4 rings (SSSR count). The molecule has 1 saturated heterocycles. The van der Waals surface area contributed by atoms with Gasteiger partial charge in [0, 0.05) is 25.0 Å². The largest absolute Gasteiger partial charge is 0.341 e.